The normalized spacial score (nSPS) is 15.5. The van der Waals surface area contributed by atoms with Crippen molar-refractivity contribution in [3.8, 4) is 5.75 Å². The summed E-state index contributed by atoms with van der Waals surface area (Å²) in [5, 5.41) is 3.84. The molecule has 13 heteroatoms. The van der Waals surface area contributed by atoms with Gasteiger partial charge >= 0.3 is 6.36 Å². The first-order chi connectivity index (χ1) is 16.0. The standard InChI is InChI=1S/C21H18Cl2F3N3O3S2/c22-15-9-14(10-16(23)12-15)11-17-13-33-20(27-17)28-5-7-29(8-6-28)34(30,31)19-3-1-18(2-4-19)32-21(24,25)26/h1-4,9-10,12-13H,5-8,11H2. The zero-order chi connectivity index (χ0) is 24.5. The molecule has 3 aromatic rings. The summed E-state index contributed by atoms with van der Waals surface area (Å²) in [6, 6.07) is 9.52. The van der Waals surface area contributed by atoms with Gasteiger partial charge in [-0.05, 0) is 48.0 Å². The topological polar surface area (TPSA) is 62.7 Å². The van der Waals surface area contributed by atoms with Crippen molar-refractivity contribution >= 4 is 49.7 Å². The summed E-state index contributed by atoms with van der Waals surface area (Å²) in [5.41, 5.74) is 1.80. The molecule has 0 atom stereocenters. The number of anilines is 1. The Morgan fingerprint density at radius 1 is 1.00 bits per heavy atom. The van der Waals surface area contributed by atoms with Crippen LogP contribution in [0.1, 0.15) is 11.3 Å². The van der Waals surface area contributed by atoms with Crippen molar-refractivity contribution in [2.24, 2.45) is 0 Å². The summed E-state index contributed by atoms with van der Waals surface area (Å²) in [4.78, 5) is 6.57. The summed E-state index contributed by atoms with van der Waals surface area (Å²) in [7, 11) is -3.84. The van der Waals surface area contributed by atoms with Gasteiger partial charge in [-0.1, -0.05) is 23.2 Å². The van der Waals surface area contributed by atoms with Crippen LogP contribution in [0, 0.1) is 0 Å². The highest BCUT2D eigenvalue weighted by Gasteiger charge is 2.32. The largest absolute Gasteiger partial charge is 0.573 e. The lowest BCUT2D eigenvalue weighted by molar-refractivity contribution is -0.274. The third kappa shape index (κ3) is 6.14. The molecule has 1 fully saturated rings. The number of ether oxygens (including phenoxy) is 1. The van der Waals surface area contributed by atoms with Crippen LogP contribution in [-0.2, 0) is 16.4 Å². The van der Waals surface area contributed by atoms with E-state index in [-0.39, 0.29) is 18.0 Å². The van der Waals surface area contributed by atoms with E-state index in [0.717, 1.165) is 40.7 Å². The summed E-state index contributed by atoms with van der Waals surface area (Å²) in [5.74, 6) is -0.476. The Bertz CT molecular complexity index is 1240. The van der Waals surface area contributed by atoms with E-state index in [1.54, 1.807) is 6.07 Å². The number of rotatable bonds is 6. The van der Waals surface area contributed by atoms with Crippen molar-refractivity contribution in [2.45, 2.75) is 17.7 Å². The van der Waals surface area contributed by atoms with E-state index >= 15 is 0 Å². The van der Waals surface area contributed by atoms with E-state index < -0.39 is 22.1 Å². The molecule has 0 bridgehead atoms. The number of alkyl halides is 3. The first-order valence-corrected chi connectivity index (χ1v) is 13.1. The van der Waals surface area contributed by atoms with E-state index in [0.29, 0.717) is 29.6 Å². The maximum Gasteiger partial charge on any atom is 0.573 e. The van der Waals surface area contributed by atoms with Crippen LogP contribution in [0.3, 0.4) is 0 Å². The first kappa shape index (κ1) is 25.1. The van der Waals surface area contributed by atoms with Gasteiger partial charge in [-0.25, -0.2) is 13.4 Å². The number of thiazole rings is 1. The van der Waals surface area contributed by atoms with Crippen molar-refractivity contribution in [1.82, 2.24) is 9.29 Å². The third-order valence-corrected chi connectivity index (χ3v) is 8.35. The molecule has 1 aromatic heterocycles. The van der Waals surface area contributed by atoms with Crippen molar-refractivity contribution in [2.75, 3.05) is 31.1 Å². The highest BCUT2D eigenvalue weighted by Crippen LogP contribution is 2.28. The van der Waals surface area contributed by atoms with Gasteiger partial charge in [0.1, 0.15) is 5.75 Å². The average molecular weight is 552 g/mol. The van der Waals surface area contributed by atoms with Crippen LogP contribution in [0.4, 0.5) is 18.3 Å². The van der Waals surface area contributed by atoms with Gasteiger partial charge in [-0.2, -0.15) is 4.31 Å². The summed E-state index contributed by atoms with van der Waals surface area (Å²) in [6.45, 7) is 1.32. The van der Waals surface area contributed by atoms with E-state index in [4.69, 9.17) is 23.2 Å². The molecule has 1 aliphatic rings. The second kappa shape index (κ2) is 9.90. The summed E-state index contributed by atoms with van der Waals surface area (Å²) < 4.78 is 67.9. The predicted octanol–water partition coefficient (Wildman–Crippen LogP) is 5.45. The van der Waals surface area contributed by atoms with Crippen LogP contribution in [0.2, 0.25) is 10.0 Å². The molecular weight excluding hydrogens is 534 g/mol. The van der Waals surface area contributed by atoms with E-state index in [9.17, 15) is 21.6 Å². The Balaban J connectivity index is 1.37. The van der Waals surface area contributed by atoms with Crippen molar-refractivity contribution in [3.63, 3.8) is 0 Å². The molecule has 0 unspecified atom stereocenters. The van der Waals surface area contributed by atoms with Gasteiger partial charge in [0.25, 0.3) is 0 Å². The quantitative estimate of drug-likeness (QED) is 0.407. The monoisotopic (exact) mass is 551 g/mol. The minimum Gasteiger partial charge on any atom is -0.406 e. The fourth-order valence-corrected chi connectivity index (χ4v) is 6.40. The molecule has 182 valence electrons. The molecule has 0 N–H and O–H groups in total. The Morgan fingerprint density at radius 2 is 1.62 bits per heavy atom. The molecule has 0 radical (unpaired) electrons. The number of hydrogen-bond donors (Lipinski definition) is 0. The van der Waals surface area contributed by atoms with Crippen molar-refractivity contribution < 1.29 is 26.3 Å². The third-order valence-electron chi connectivity index (χ3n) is 5.05. The molecule has 34 heavy (non-hydrogen) atoms. The fraction of sp³-hybridized carbons (Fsp3) is 0.286. The maximum atomic E-state index is 12.9. The fourth-order valence-electron chi connectivity index (χ4n) is 3.53. The molecular formula is C21H18Cl2F3N3O3S2. The lowest BCUT2D eigenvalue weighted by atomic mass is 10.1. The number of nitrogens with zero attached hydrogens (tertiary/aromatic N) is 3. The van der Waals surface area contributed by atoms with Gasteiger partial charge in [0, 0.05) is 48.0 Å². The zero-order valence-electron chi connectivity index (χ0n) is 17.4. The number of piperazine rings is 1. The lowest BCUT2D eigenvalue weighted by Crippen LogP contribution is -2.48. The Morgan fingerprint density at radius 3 is 2.21 bits per heavy atom. The number of benzene rings is 2. The minimum absolute atomic E-state index is 0.0906. The van der Waals surface area contributed by atoms with Crippen LogP contribution in [0.15, 0.2) is 52.7 Å². The van der Waals surface area contributed by atoms with Gasteiger partial charge in [-0.15, -0.1) is 24.5 Å². The second-order valence-electron chi connectivity index (χ2n) is 7.49. The predicted molar refractivity (Wildman–Crippen MR) is 125 cm³/mol. The second-order valence-corrected chi connectivity index (χ2v) is 11.1. The van der Waals surface area contributed by atoms with Crippen molar-refractivity contribution in [3.05, 3.63) is 69.1 Å². The van der Waals surface area contributed by atoms with Crippen LogP contribution in [-0.4, -0.2) is 50.2 Å². The molecule has 0 spiro atoms. The molecule has 4 rings (SSSR count). The Hall–Kier alpha value is -2.05. The summed E-state index contributed by atoms with van der Waals surface area (Å²) >= 11 is 13.6. The number of aromatic nitrogens is 1. The SMILES string of the molecule is O=S(=O)(c1ccc(OC(F)(F)F)cc1)N1CCN(c2nc(Cc3cc(Cl)cc(Cl)c3)cs2)CC1. The van der Waals surface area contributed by atoms with Gasteiger partial charge in [0.2, 0.25) is 10.0 Å². The number of sulfonamides is 1. The zero-order valence-corrected chi connectivity index (χ0v) is 20.6. The Labute approximate surface area is 208 Å². The van der Waals surface area contributed by atoms with E-state index in [1.165, 1.54) is 15.6 Å². The van der Waals surface area contributed by atoms with Gasteiger partial charge in [0.05, 0.1) is 10.6 Å². The Kier molecular flexibility index (Phi) is 7.30. The van der Waals surface area contributed by atoms with Crippen LogP contribution in [0.25, 0.3) is 0 Å². The molecule has 6 nitrogen and oxygen atoms in total. The van der Waals surface area contributed by atoms with Crippen molar-refractivity contribution in [1.29, 1.82) is 0 Å². The minimum atomic E-state index is -4.84. The van der Waals surface area contributed by atoms with Gasteiger partial charge in [0.15, 0.2) is 5.13 Å². The highest BCUT2D eigenvalue weighted by molar-refractivity contribution is 7.89. The number of halogens is 5. The molecule has 0 aliphatic carbocycles. The molecule has 0 saturated carbocycles. The van der Waals surface area contributed by atoms with Crippen LogP contribution >= 0.6 is 34.5 Å². The molecule has 1 aliphatic heterocycles. The van der Waals surface area contributed by atoms with E-state index in [2.05, 4.69) is 9.72 Å². The van der Waals surface area contributed by atoms with Gasteiger partial charge < -0.3 is 9.64 Å². The van der Waals surface area contributed by atoms with Gasteiger partial charge in [-0.3, -0.25) is 0 Å². The maximum absolute atomic E-state index is 12.9. The van der Waals surface area contributed by atoms with Crippen LogP contribution < -0.4 is 9.64 Å². The highest BCUT2D eigenvalue weighted by atomic mass is 35.5. The first-order valence-electron chi connectivity index (χ1n) is 10.00. The molecule has 2 aromatic carbocycles. The molecule has 2 heterocycles. The smallest absolute Gasteiger partial charge is 0.406 e. The molecule has 1 saturated heterocycles. The average Bonchev–Trinajstić information content (AvgIpc) is 3.21. The molecule has 0 amide bonds. The lowest BCUT2D eigenvalue weighted by Gasteiger charge is -2.33. The van der Waals surface area contributed by atoms with Crippen LogP contribution in [0.5, 0.6) is 5.75 Å². The van der Waals surface area contributed by atoms with E-state index in [1.807, 2.05) is 22.4 Å². The number of hydrogen-bond acceptors (Lipinski definition) is 6. The summed E-state index contributed by atoms with van der Waals surface area (Å²) in [6.07, 6.45) is -4.27.